The van der Waals surface area contributed by atoms with Gasteiger partial charge in [-0.2, -0.15) is 0 Å². The first-order valence-electron chi connectivity index (χ1n) is 4.24. The summed E-state index contributed by atoms with van der Waals surface area (Å²) in [6.07, 6.45) is -1.81. The van der Waals surface area contributed by atoms with E-state index in [2.05, 4.69) is 0 Å². The van der Waals surface area contributed by atoms with Crippen LogP contribution in [0.1, 0.15) is 13.3 Å². The molecule has 0 aromatic carbocycles. The van der Waals surface area contributed by atoms with Crippen LogP contribution in [0, 0.1) is 0 Å². The third kappa shape index (κ3) is 6.86. The first kappa shape index (κ1) is 12.7. The van der Waals surface area contributed by atoms with Crippen LogP contribution < -0.4 is 5.73 Å². The van der Waals surface area contributed by atoms with Gasteiger partial charge in [0.25, 0.3) is 6.43 Å². The highest BCUT2D eigenvalue weighted by atomic mass is 19.3. The molecule has 5 heteroatoms. The van der Waals surface area contributed by atoms with Crippen molar-refractivity contribution >= 4 is 0 Å². The smallest absolute Gasteiger partial charge is 0.251 e. The highest BCUT2D eigenvalue weighted by Crippen LogP contribution is 2.05. The molecule has 0 aliphatic carbocycles. The Morgan fingerprint density at radius 1 is 1.54 bits per heavy atom. The van der Waals surface area contributed by atoms with Crippen molar-refractivity contribution in [3.05, 3.63) is 0 Å². The minimum Gasteiger partial charge on any atom is -0.394 e. The summed E-state index contributed by atoms with van der Waals surface area (Å²) in [5, 5.41) is 8.80. The molecule has 0 fully saturated rings. The van der Waals surface area contributed by atoms with Gasteiger partial charge in [0.15, 0.2) is 0 Å². The van der Waals surface area contributed by atoms with Crippen molar-refractivity contribution in [2.24, 2.45) is 5.73 Å². The van der Waals surface area contributed by atoms with E-state index in [0.29, 0.717) is 13.0 Å². The average molecular weight is 196 g/mol. The molecule has 0 aromatic rings. The Hall–Kier alpha value is -0.260. The van der Waals surface area contributed by atoms with E-state index in [1.54, 1.807) is 14.0 Å². The largest absolute Gasteiger partial charge is 0.394 e. The fraction of sp³-hybridized carbons (Fsp3) is 1.00. The van der Waals surface area contributed by atoms with Gasteiger partial charge < -0.3 is 15.7 Å². The standard InChI is InChI=1S/C8H18F2N2O/c1-8(11,6-13)3-4-12(2)5-7(9)10/h7,13H,3-6,11H2,1-2H3. The number of nitrogens with two attached hydrogens (primary N) is 1. The van der Waals surface area contributed by atoms with Crippen LogP contribution in [0.2, 0.25) is 0 Å². The van der Waals surface area contributed by atoms with Gasteiger partial charge in [0.05, 0.1) is 13.2 Å². The molecule has 1 atom stereocenters. The van der Waals surface area contributed by atoms with Gasteiger partial charge in [-0.05, 0) is 26.9 Å². The molecule has 0 rings (SSSR count). The first-order valence-corrected chi connectivity index (χ1v) is 4.24. The predicted octanol–water partition coefficient (Wildman–Crippen LogP) is 0.283. The highest BCUT2D eigenvalue weighted by Gasteiger charge is 2.18. The van der Waals surface area contributed by atoms with Crippen LogP contribution in [0.5, 0.6) is 0 Å². The highest BCUT2D eigenvalue weighted by molar-refractivity contribution is 4.78. The normalized spacial score (nSPS) is 16.6. The van der Waals surface area contributed by atoms with E-state index in [-0.39, 0.29) is 13.2 Å². The molecule has 0 radical (unpaired) electrons. The second-order valence-electron chi connectivity index (χ2n) is 3.72. The molecule has 0 heterocycles. The lowest BCUT2D eigenvalue weighted by Gasteiger charge is -2.25. The Morgan fingerprint density at radius 3 is 2.46 bits per heavy atom. The van der Waals surface area contributed by atoms with Crippen molar-refractivity contribution in [3.8, 4) is 0 Å². The van der Waals surface area contributed by atoms with Crippen molar-refractivity contribution in [1.29, 1.82) is 0 Å². The van der Waals surface area contributed by atoms with E-state index in [1.165, 1.54) is 4.90 Å². The van der Waals surface area contributed by atoms with Crippen LogP contribution >= 0.6 is 0 Å². The van der Waals surface area contributed by atoms with E-state index in [0.717, 1.165) is 0 Å². The molecular weight excluding hydrogens is 178 g/mol. The fourth-order valence-electron chi connectivity index (χ4n) is 0.852. The number of rotatable bonds is 6. The van der Waals surface area contributed by atoms with Crippen molar-refractivity contribution < 1.29 is 13.9 Å². The molecule has 0 saturated carbocycles. The van der Waals surface area contributed by atoms with Crippen molar-refractivity contribution in [2.45, 2.75) is 25.3 Å². The van der Waals surface area contributed by atoms with Crippen LogP contribution in [0.4, 0.5) is 8.78 Å². The molecule has 1 unspecified atom stereocenters. The van der Waals surface area contributed by atoms with Gasteiger partial charge in [-0.1, -0.05) is 0 Å². The van der Waals surface area contributed by atoms with Crippen LogP contribution in [0.15, 0.2) is 0 Å². The summed E-state index contributed by atoms with van der Waals surface area (Å²) in [7, 11) is 1.61. The third-order valence-electron chi connectivity index (χ3n) is 1.88. The number of nitrogens with zero attached hydrogens (tertiary/aromatic N) is 1. The second kappa shape index (κ2) is 5.47. The maximum absolute atomic E-state index is 11.9. The number of aliphatic hydroxyl groups is 1. The summed E-state index contributed by atoms with van der Waals surface area (Å²) in [6, 6.07) is 0. The Morgan fingerprint density at radius 2 is 2.08 bits per heavy atom. The maximum Gasteiger partial charge on any atom is 0.251 e. The molecule has 0 aliphatic heterocycles. The molecule has 0 amide bonds. The monoisotopic (exact) mass is 196 g/mol. The number of halogens is 2. The number of hydrogen-bond donors (Lipinski definition) is 2. The Labute approximate surface area is 77.5 Å². The molecule has 80 valence electrons. The number of hydrogen-bond acceptors (Lipinski definition) is 3. The van der Waals surface area contributed by atoms with Gasteiger partial charge >= 0.3 is 0 Å². The third-order valence-corrected chi connectivity index (χ3v) is 1.88. The van der Waals surface area contributed by atoms with Gasteiger partial charge in [-0.15, -0.1) is 0 Å². The quantitative estimate of drug-likeness (QED) is 0.641. The SMILES string of the molecule is CN(CCC(C)(N)CO)CC(F)F. The zero-order valence-corrected chi connectivity index (χ0v) is 8.13. The van der Waals surface area contributed by atoms with Crippen molar-refractivity contribution in [3.63, 3.8) is 0 Å². The van der Waals surface area contributed by atoms with E-state index in [1.807, 2.05) is 0 Å². The Balaban J connectivity index is 3.63. The van der Waals surface area contributed by atoms with Crippen LogP contribution in [0.3, 0.4) is 0 Å². The molecule has 0 aliphatic rings. The predicted molar refractivity (Wildman–Crippen MR) is 47.8 cm³/mol. The summed E-state index contributed by atoms with van der Waals surface area (Å²) in [6.45, 7) is 1.79. The van der Waals surface area contributed by atoms with Gasteiger partial charge in [-0.25, -0.2) is 8.78 Å². The van der Waals surface area contributed by atoms with E-state index >= 15 is 0 Å². The molecule has 3 nitrogen and oxygen atoms in total. The van der Waals surface area contributed by atoms with Gasteiger partial charge in [0, 0.05) is 5.54 Å². The Kier molecular flexibility index (Phi) is 5.36. The topological polar surface area (TPSA) is 49.5 Å². The molecule has 0 saturated heterocycles. The summed E-state index contributed by atoms with van der Waals surface area (Å²) >= 11 is 0. The molecule has 0 aromatic heterocycles. The van der Waals surface area contributed by atoms with Crippen LogP contribution in [-0.4, -0.2) is 48.7 Å². The minimum absolute atomic E-state index is 0.129. The van der Waals surface area contributed by atoms with E-state index in [9.17, 15) is 8.78 Å². The number of alkyl halides is 2. The first-order chi connectivity index (χ1) is 5.87. The lowest BCUT2D eigenvalue weighted by atomic mass is 10.0. The lowest BCUT2D eigenvalue weighted by Crippen LogP contribution is -2.43. The molecule has 0 bridgehead atoms. The van der Waals surface area contributed by atoms with Gasteiger partial charge in [0.1, 0.15) is 0 Å². The summed E-state index contributed by atoms with van der Waals surface area (Å²) in [5.74, 6) is 0. The lowest BCUT2D eigenvalue weighted by molar-refractivity contribution is 0.0936. The average Bonchev–Trinajstić information content (AvgIpc) is 2.00. The molecule has 0 spiro atoms. The molecule has 13 heavy (non-hydrogen) atoms. The van der Waals surface area contributed by atoms with Crippen molar-refractivity contribution in [1.82, 2.24) is 4.90 Å². The molecule has 3 N–H and O–H groups in total. The molecular formula is C8H18F2N2O. The van der Waals surface area contributed by atoms with E-state index < -0.39 is 12.0 Å². The van der Waals surface area contributed by atoms with Gasteiger partial charge in [0.2, 0.25) is 0 Å². The van der Waals surface area contributed by atoms with Gasteiger partial charge in [-0.3, -0.25) is 0 Å². The second-order valence-corrected chi connectivity index (χ2v) is 3.72. The van der Waals surface area contributed by atoms with E-state index in [4.69, 9.17) is 10.8 Å². The van der Waals surface area contributed by atoms with Crippen LogP contribution in [-0.2, 0) is 0 Å². The zero-order valence-electron chi connectivity index (χ0n) is 8.13. The fourth-order valence-corrected chi connectivity index (χ4v) is 0.852. The summed E-state index contributed by atoms with van der Waals surface area (Å²) in [5.41, 5.74) is 4.96. The maximum atomic E-state index is 11.9. The minimum atomic E-state index is -2.32. The van der Waals surface area contributed by atoms with Crippen LogP contribution in [0.25, 0.3) is 0 Å². The number of aliphatic hydroxyl groups excluding tert-OH is 1. The van der Waals surface area contributed by atoms with Crippen molar-refractivity contribution in [2.75, 3.05) is 26.7 Å². The Bertz CT molecular complexity index is 142. The summed E-state index contributed by atoms with van der Waals surface area (Å²) < 4.78 is 23.7. The zero-order chi connectivity index (χ0) is 10.5. The summed E-state index contributed by atoms with van der Waals surface area (Å²) in [4.78, 5) is 1.51.